The number of hydrogen-bond donors (Lipinski definition) is 1. The third-order valence-electron chi connectivity index (χ3n) is 3.98. The van der Waals surface area contributed by atoms with E-state index in [9.17, 15) is 4.79 Å². The Morgan fingerprint density at radius 3 is 2.71 bits per heavy atom. The number of amides is 1. The van der Waals surface area contributed by atoms with E-state index in [4.69, 9.17) is 16.3 Å². The Kier molecular flexibility index (Phi) is 6.34. The SMILES string of the molecule is CN(C)c1cccc(OCC(=O)N/N=C/c2cccn2-c2ccc(Cl)cc2)c1. The van der Waals surface area contributed by atoms with Crippen LogP contribution < -0.4 is 15.1 Å². The zero-order valence-corrected chi connectivity index (χ0v) is 16.4. The largest absolute Gasteiger partial charge is 0.484 e. The van der Waals surface area contributed by atoms with E-state index in [1.54, 1.807) is 6.21 Å². The van der Waals surface area contributed by atoms with Gasteiger partial charge in [-0.15, -0.1) is 0 Å². The number of hydrazone groups is 1. The summed E-state index contributed by atoms with van der Waals surface area (Å²) in [6.45, 7) is -0.119. The van der Waals surface area contributed by atoms with Crippen molar-refractivity contribution in [2.24, 2.45) is 5.10 Å². The van der Waals surface area contributed by atoms with Gasteiger partial charge in [0.05, 0.1) is 11.9 Å². The second-order valence-corrected chi connectivity index (χ2v) is 6.69. The van der Waals surface area contributed by atoms with Gasteiger partial charge in [0.1, 0.15) is 5.75 Å². The Morgan fingerprint density at radius 1 is 1.18 bits per heavy atom. The highest BCUT2D eigenvalue weighted by atomic mass is 35.5. The molecular weight excluding hydrogens is 376 g/mol. The number of benzene rings is 2. The van der Waals surface area contributed by atoms with Crippen LogP contribution in [0.2, 0.25) is 5.02 Å². The molecule has 0 radical (unpaired) electrons. The van der Waals surface area contributed by atoms with Gasteiger partial charge in [-0.25, -0.2) is 5.43 Å². The Hall–Kier alpha value is -3.25. The second-order valence-electron chi connectivity index (χ2n) is 6.25. The van der Waals surface area contributed by atoms with E-state index in [0.717, 1.165) is 17.1 Å². The topological polar surface area (TPSA) is 58.9 Å². The molecule has 1 heterocycles. The lowest BCUT2D eigenvalue weighted by molar-refractivity contribution is -0.123. The maximum Gasteiger partial charge on any atom is 0.277 e. The first kappa shape index (κ1) is 19.5. The van der Waals surface area contributed by atoms with Gasteiger partial charge in [-0.1, -0.05) is 17.7 Å². The molecule has 6 nitrogen and oxygen atoms in total. The lowest BCUT2D eigenvalue weighted by atomic mass is 10.3. The number of halogens is 1. The van der Waals surface area contributed by atoms with Crippen molar-refractivity contribution in [1.82, 2.24) is 9.99 Å². The molecule has 3 rings (SSSR count). The van der Waals surface area contributed by atoms with Crippen LogP contribution >= 0.6 is 11.6 Å². The fourth-order valence-electron chi connectivity index (χ4n) is 2.54. The van der Waals surface area contributed by atoms with Crippen molar-refractivity contribution in [3.8, 4) is 11.4 Å². The van der Waals surface area contributed by atoms with Crippen LogP contribution in [0.25, 0.3) is 5.69 Å². The van der Waals surface area contributed by atoms with E-state index >= 15 is 0 Å². The fraction of sp³-hybridized carbons (Fsp3) is 0.143. The van der Waals surface area contributed by atoms with Crippen LogP contribution in [0.15, 0.2) is 72.0 Å². The lowest BCUT2D eigenvalue weighted by Gasteiger charge is -2.13. The van der Waals surface area contributed by atoms with Crippen molar-refractivity contribution in [3.63, 3.8) is 0 Å². The number of hydrogen-bond acceptors (Lipinski definition) is 4. The zero-order chi connectivity index (χ0) is 19.9. The minimum absolute atomic E-state index is 0.119. The highest BCUT2D eigenvalue weighted by Gasteiger charge is 2.04. The molecule has 0 fully saturated rings. The summed E-state index contributed by atoms with van der Waals surface area (Å²) in [6, 6.07) is 18.8. The van der Waals surface area contributed by atoms with Crippen LogP contribution in [0.3, 0.4) is 0 Å². The first-order valence-corrected chi connectivity index (χ1v) is 9.06. The van der Waals surface area contributed by atoms with Gasteiger partial charge in [-0.2, -0.15) is 5.10 Å². The molecule has 7 heteroatoms. The van der Waals surface area contributed by atoms with Gasteiger partial charge in [-0.3, -0.25) is 4.79 Å². The van der Waals surface area contributed by atoms with Crippen LogP contribution in [0.4, 0.5) is 5.69 Å². The number of nitrogens with zero attached hydrogens (tertiary/aromatic N) is 3. The van der Waals surface area contributed by atoms with Crippen molar-refractivity contribution in [1.29, 1.82) is 0 Å². The van der Waals surface area contributed by atoms with E-state index < -0.39 is 0 Å². The Labute approximate surface area is 169 Å². The van der Waals surface area contributed by atoms with Crippen LogP contribution in [0, 0.1) is 0 Å². The molecule has 0 aliphatic heterocycles. The highest BCUT2D eigenvalue weighted by molar-refractivity contribution is 6.30. The smallest absolute Gasteiger partial charge is 0.277 e. The molecule has 0 spiro atoms. The highest BCUT2D eigenvalue weighted by Crippen LogP contribution is 2.19. The number of carbonyl (C=O) groups is 1. The maximum atomic E-state index is 12.0. The molecule has 0 atom stereocenters. The standard InChI is InChI=1S/C21H21ClN4O2/c1-25(2)18-5-3-7-20(13-18)28-15-21(27)24-23-14-19-6-4-12-26(19)17-10-8-16(22)9-11-17/h3-14H,15H2,1-2H3,(H,24,27)/b23-14+. The predicted molar refractivity (Wildman–Crippen MR) is 113 cm³/mol. The average molecular weight is 397 g/mol. The van der Waals surface area contributed by atoms with E-state index in [1.807, 2.05) is 90.4 Å². The van der Waals surface area contributed by atoms with Gasteiger partial charge >= 0.3 is 0 Å². The molecule has 2 aromatic carbocycles. The molecule has 1 aromatic heterocycles. The summed E-state index contributed by atoms with van der Waals surface area (Å²) in [5.74, 6) is 0.290. The van der Waals surface area contributed by atoms with E-state index in [2.05, 4.69) is 10.5 Å². The lowest BCUT2D eigenvalue weighted by Crippen LogP contribution is -2.24. The molecule has 3 aromatic rings. The number of ether oxygens (including phenoxy) is 1. The van der Waals surface area contributed by atoms with Gasteiger partial charge in [-0.05, 0) is 48.5 Å². The summed E-state index contributed by atoms with van der Waals surface area (Å²) in [6.07, 6.45) is 3.49. The predicted octanol–water partition coefficient (Wildman–Crippen LogP) is 3.73. The maximum absolute atomic E-state index is 12.0. The Balaban J connectivity index is 1.55. The van der Waals surface area contributed by atoms with Gasteiger partial charge in [0.25, 0.3) is 5.91 Å². The molecule has 0 aliphatic carbocycles. The molecular formula is C21H21ClN4O2. The first-order valence-electron chi connectivity index (χ1n) is 8.68. The van der Waals surface area contributed by atoms with Crippen LogP contribution in [0.5, 0.6) is 5.75 Å². The molecule has 1 N–H and O–H groups in total. The van der Waals surface area contributed by atoms with Crippen molar-refractivity contribution in [3.05, 3.63) is 77.6 Å². The van der Waals surface area contributed by atoms with Gasteiger partial charge in [0.2, 0.25) is 0 Å². The summed E-state index contributed by atoms with van der Waals surface area (Å²) in [4.78, 5) is 13.9. The number of aromatic nitrogens is 1. The normalized spacial score (nSPS) is 10.8. The fourth-order valence-corrected chi connectivity index (χ4v) is 2.67. The third kappa shape index (κ3) is 5.14. The second kappa shape index (κ2) is 9.10. The Morgan fingerprint density at radius 2 is 1.96 bits per heavy atom. The van der Waals surface area contributed by atoms with Crippen molar-refractivity contribution >= 4 is 29.4 Å². The zero-order valence-electron chi connectivity index (χ0n) is 15.7. The summed E-state index contributed by atoms with van der Waals surface area (Å²) < 4.78 is 7.46. The van der Waals surface area contributed by atoms with Crippen molar-refractivity contribution < 1.29 is 9.53 Å². The molecule has 0 unspecified atom stereocenters. The molecule has 0 saturated heterocycles. The number of rotatable bonds is 7. The quantitative estimate of drug-likeness (QED) is 0.489. The van der Waals surface area contributed by atoms with Crippen molar-refractivity contribution in [2.45, 2.75) is 0 Å². The van der Waals surface area contributed by atoms with Crippen LogP contribution in [0.1, 0.15) is 5.69 Å². The number of nitrogens with one attached hydrogen (secondary N) is 1. The van der Waals surface area contributed by atoms with Gasteiger partial charge in [0, 0.05) is 42.8 Å². The number of carbonyl (C=O) groups excluding carboxylic acids is 1. The van der Waals surface area contributed by atoms with Gasteiger partial charge in [0.15, 0.2) is 6.61 Å². The molecule has 0 saturated carbocycles. The van der Waals surface area contributed by atoms with Crippen molar-refractivity contribution in [2.75, 3.05) is 25.6 Å². The van der Waals surface area contributed by atoms with E-state index in [0.29, 0.717) is 10.8 Å². The first-order chi connectivity index (χ1) is 13.5. The van der Waals surface area contributed by atoms with Crippen LogP contribution in [-0.2, 0) is 4.79 Å². The summed E-state index contributed by atoms with van der Waals surface area (Å²) >= 11 is 5.93. The third-order valence-corrected chi connectivity index (χ3v) is 4.23. The van der Waals surface area contributed by atoms with E-state index in [-0.39, 0.29) is 12.5 Å². The monoisotopic (exact) mass is 396 g/mol. The van der Waals surface area contributed by atoms with E-state index in [1.165, 1.54) is 0 Å². The molecule has 28 heavy (non-hydrogen) atoms. The molecule has 1 amide bonds. The molecule has 0 bridgehead atoms. The summed E-state index contributed by atoms with van der Waals surface area (Å²) in [5.41, 5.74) is 5.25. The van der Waals surface area contributed by atoms with Crippen LogP contribution in [-0.4, -0.2) is 37.4 Å². The van der Waals surface area contributed by atoms with Gasteiger partial charge < -0.3 is 14.2 Å². The molecule has 144 valence electrons. The minimum Gasteiger partial charge on any atom is -0.484 e. The average Bonchev–Trinajstić information content (AvgIpc) is 3.15. The minimum atomic E-state index is -0.337. The number of anilines is 1. The molecule has 0 aliphatic rings. The summed E-state index contributed by atoms with van der Waals surface area (Å²) in [5, 5.41) is 4.69. The summed E-state index contributed by atoms with van der Waals surface area (Å²) in [7, 11) is 3.89. The Bertz CT molecular complexity index is 965.